The lowest BCUT2D eigenvalue weighted by Crippen LogP contribution is -2.48. The van der Waals surface area contributed by atoms with Crippen molar-refractivity contribution in [1.29, 1.82) is 0 Å². The van der Waals surface area contributed by atoms with E-state index in [1.165, 1.54) is 0 Å². The largest absolute Gasteiger partial charge is 0.497 e. The van der Waals surface area contributed by atoms with Crippen molar-refractivity contribution in [2.75, 3.05) is 33.4 Å². The lowest BCUT2D eigenvalue weighted by Gasteiger charge is -2.32. The monoisotopic (exact) mass is 265 g/mol. The summed E-state index contributed by atoms with van der Waals surface area (Å²) in [5.41, 5.74) is 1.000. The Morgan fingerprint density at radius 1 is 1.37 bits per heavy atom. The first kappa shape index (κ1) is 13.8. The molecule has 1 atom stereocenters. The number of methoxy groups -OCH3 is 1. The molecule has 1 aromatic rings. The van der Waals surface area contributed by atoms with Gasteiger partial charge in [0.15, 0.2) is 0 Å². The minimum atomic E-state index is -0.780. The summed E-state index contributed by atoms with van der Waals surface area (Å²) < 4.78 is 10.4. The van der Waals surface area contributed by atoms with Crippen LogP contribution in [0.5, 0.6) is 5.75 Å². The molecule has 19 heavy (non-hydrogen) atoms. The quantitative estimate of drug-likeness (QED) is 0.861. The highest BCUT2D eigenvalue weighted by Crippen LogP contribution is 2.15. The molecule has 0 saturated carbocycles. The first-order valence-corrected chi connectivity index (χ1v) is 6.38. The molecule has 1 aromatic carbocycles. The van der Waals surface area contributed by atoms with Gasteiger partial charge in [-0.25, -0.2) is 0 Å². The van der Waals surface area contributed by atoms with Crippen molar-refractivity contribution in [2.45, 2.75) is 12.5 Å². The van der Waals surface area contributed by atoms with Crippen LogP contribution in [0.15, 0.2) is 24.3 Å². The van der Waals surface area contributed by atoms with Crippen LogP contribution in [0.4, 0.5) is 0 Å². The fourth-order valence-electron chi connectivity index (χ4n) is 2.25. The van der Waals surface area contributed by atoms with Crippen LogP contribution in [-0.2, 0) is 16.0 Å². The van der Waals surface area contributed by atoms with Crippen LogP contribution in [0.25, 0.3) is 0 Å². The maximum absolute atomic E-state index is 11.4. The molecule has 0 aromatic heterocycles. The number of rotatable bonds is 5. The third kappa shape index (κ3) is 3.68. The van der Waals surface area contributed by atoms with Gasteiger partial charge in [0.05, 0.1) is 20.3 Å². The first-order valence-electron chi connectivity index (χ1n) is 6.38. The normalized spacial score (nSPS) is 17.9. The summed E-state index contributed by atoms with van der Waals surface area (Å²) >= 11 is 0. The van der Waals surface area contributed by atoms with Gasteiger partial charge in [-0.3, -0.25) is 9.69 Å². The van der Waals surface area contributed by atoms with Crippen molar-refractivity contribution in [2.24, 2.45) is 0 Å². The molecule has 1 saturated heterocycles. The van der Waals surface area contributed by atoms with E-state index < -0.39 is 12.0 Å². The van der Waals surface area contributed by atoms with Crippen LogP contribution >= 0.6 is 0 Å². The highest BCUT2D eigenvalue weighted by molar-refractivity contribution is 5.74. The number of morpholine rings is 1. The highest BCUT2D eigenvalue weighted by atomic mass is 16.5. The summed E-state index contributed by atoms with van der Waals surface area (Å²) in [7, 11) is 1.61. The van der Waals surface area contributed by atoms with Crippen LogP contribution in [-0.4, -0.2) is 55.4 Å². The van der Waals surface area contributed by atoms with Crippen LogP contribution in [0.1, 0.15) is 5.56 Å². The van der Waals surface area contributed by atoms with Crippen LogP contribution in [0, 0.1) is 0 Å². The van der Waals surface area contributed by atoms with Gasteiger partial charge in [0.25, 0.3) is 0 Å². The molecule has 0 aliphatic carbocycles. The number of carboxylic acids is 1. The second kappa shape index (κ2) is 6.54. The molecule has 1 aliphatic rings. The van der Waals surface area contributed by atoms with E-state index >= 15 is 0 Å². The molecule has 1 N–H and O–H groups in total. The number of aliphatic carboxylic acids is 1. The Balaban J connectivity index is 2.04. The topological polar surface area (TPSA) is 59.0 Å². The van der Waals surface area contributed by atoms with Gasteiger partial charge in [-0.2, -0.15) is 0 Å². The van der Waals surface area contributed by atoms with Gasteiger partial charge in [0.2, 0.25) is 0 Å². The van der Waals surface area contributed by atoms with Crippen molar-refractivity contribution in [1.82, 2.24) is 4.90 Å². The molecule has 0 amide bonds. The Morgan fingerprint density at radius 2 is 2.00 bits per heavy atom. The summed E-state index contributed by atoms with van der Waals surface area (Å²) in [5.74, 6) is -0.000263. The highest BCUT2D eigenvalue weighted by Gasteiger charge is 2.27. The second-order valence-electron chi connectivity index (χ2n) is 4.55. The van der Waals surface area contributed by atoms with Crippen molar-refractivity contribution in [3.8, 4) is 5.75 Å². The van der Waals surface area contributed by atoms with E-state index in [9.17, 15) is 9.90 Å². The summed E-state index contributed by atoms with van der Waals surface area (Å²) in [6, 6.07) is 7.04. The van der Waals surface area contributed by atoms with E-state index in [0.717, 1.165) is 11.3 Å². The standard InChI is InChI=1S/C14H19NO4/c1-18-12-4-2-11(3-5-12)10-13(14(16)17)15-6-8-19-9-7-15/h2-5,13H,6-10H2,1H3,(H,16,17). The molecule has 1 unspecified atom stereocenters. The van der Waals surface area contributed by atoms with Gasteiger partial charge in [-0.15, -0.1) is 0 Å². The average molecular weight is 265 g/mol. The van der Waals surface area contributed by atoms with Gasteiger partial charge < -0.3 is 14.6 Å². The molecule has 1 aliphatic heterocycles. The predicted octanol–water partition coefficient (Wildman–Crippen LogP) is 1.02. The van der Waals surface area contributed by atoms with Gasteiger partial charge in [-0.1, -0.05) is 12.1 Å². The minimum absolute atomic E-state index is 0.489. The Kier molecular flexibility index (Phi) is 4.76. The molecule has 0 bridgehead atoms. The third-order valence-electron chi connectivity index (χ3n) is 3.36. The van der Waals surface area contributed by atoms with Crippen molar-refractivity contribution < 1.29 is 19.4 Å². The van der Waals surface area contributed by atoms with Crippen molar-refractivity contribution in [3.63, 3.8) is 0 Å². The molecule has 104 valence electrons. The average Bonchev–Trinajstić information content (AvgIpc) is 2.46. The number of hydrogen-bond acceptors (Lipinski definition) is 4. The molecule has 1 heterocycles. The van der Waals surface area contributed by atoms with E-state index in [1.807, 2.05) is 29.2 Å². The Bertz CT molecular complexity index is 412. The van der Waals surface area contributed by atoms with E-state index in [1.54, 1.807) is 7.11 Å². The third-order valence-corrected chi connectivity index (χ3v) is 3.36. The Labute approximate surface area is 112 Å². The minimum Gasteiger partial charge on any atom is -0.497 e. The van der Waals surface area contributed by atoms with Gasteiger partial charge in [0, 0.05) is 13.1 Å². The molecule has 5 nitrogen and oxygen atoms in total. The van der Waals surface area contributed by atoms with E-state index in [0.29, 0.717) is 32.7 Å². The summed E-state index contributed by atoms with van der Waals surface area (Å²) in [6.07, 6.45) is 0.499. The maximum atomic E-state index is 11.4. The summed E-state index contributed by atoms with van der Waals surface area (Å²) in [5, 5.41) is 9.38. The first-order chi connectivity index (χ1) is 9.20. The Morgan fingerprint density at radius 3 is 2.53 bits per heavy atom. The molecular weight excluding hydrogens is 246 g/mol. The summed E-state index contributed by atoms with van der Waals surface area (Å²) in [4.78, 5) is 13.4. The van der Waals surface area contributed by atoms with Crippen molar-refractivity contribution >= 4 is 5.97 Å². The Hall–Kier alpha value is -1.59. The van der Waals surface area contributed by atoms with Gasteiger partial charge in [-0.05, 0) is 24.1 Å². The van der Waals surface area contributed by atoms with Gasteiger partial charge >= 0.3 is 5.97 Å². The lowest BCUT2D eigenvalue weighted by molar-refractivity contribution is -0.145. The molecule has 0 radical (unpaired) electrons. The smallest absolute Gasteiger partial charge is 0.321 e. The lowest BCUT2D eigenvalue weighted by atomic mass is 10.0. The predicted molar refractivity (Wildman–Crippen MR) is 70.5 cm³/mol. The summed E-state index contributed by atoms with van der Waals surface area (Å²) in [6.45, 7) is 2.55. The molecule has 0 spiro atoms. The van der Waals surface area contributed by atoms with Crippen LogP contribution < -0.4 is 4.74 Å². The van der Waals surface area contributed by atoms with E-state index in [-0.39, 0.29) is 0 Å². The zero-order valence-electron chi connectivity index (χ0n) is 11.0. The van der Waals surface area contributed by atoms with Crippen molar-refractivity contribution in [3.05, 3.63) is 29.8 Å². The fraction of sp³-hybridized carbons (Fsp3) is 0.500. The molecule has 1 fully saturated rings. The molecule has 2 rings (SSSR count). The zero-order chi connectivity index (χ0) is 13.7. The van der Waals surface area contributed by atoms with Crippen LogP contribution in [0.2, 0.25) is 0 Å². The second-order valence-corrected chi connectivity index (χ2v) is 4.55. The van der Waals surface area contributed by atoms with E-state index in [4.69, 9.17) is 9.47 Å². The fourth-order valence-corrected chi connectivity index (χ4v) is 2.25. The molecular formula is C14H19NO4. The number of benzene rings is 1. The number of ether oxygens (including phenoxy) is 2. The van der Waals surface area contributed by atoms with Crippen LogP contribution in [0.3, 0.4) is 0 Å². The maximum Gasteiger partial charge on any atom is 0.321 e. The number of carboxylic acid groups (broad SMARTS) is 1. The van der Waals surface area contributed by atoms with Gasteiger partial charge in [0.1, 0.15) is 11.8 Å². The molecule has 5 heteroatoms. The number of carbonyl (C=O) groups is 1. The SMILES string of the molecule is COc1ccc(CC(C(=O)O)N2CCOCC2)cc1. The van der Waals surface area contributed by atoms with E-state index in [2.05, 4.69) is 0 Å². The number of hydrogen-bond donors (Lipinski definition) is 1. The number of nitrogens with zero attached hydrogens (tertiary/aromatic N) is 1. The zero-order valence-corrected chi connectivity index (χ0v) is 11.0.